The molecule has 1 atom stereocenters. The molecule has 0 saturated carbocycles. The number of nitrogens with zero attached hydrogens (tertiary/aromatic N) is 1. The van der Waals surface area contributed by atoms with Crippen molar-refractivity contribution in [3.8, 4) is 11.5 Å². The number of carbonyl (C=O) groups is 3. The predicted molar refractivity (Wildman–Crippen MR) is 122 cm³/mol. The summed E-state index contributed by atoms with van der Waals surface area (Å²) in [5.74, 6) is -1.52. The van der Waals surface area contributed by atoms with Crippen molar-refractivity contribution in [2.45, 2.75) is 13.0 Å². The average molecular weight is 443 g/mol. The quantitative estimate of drug-likeness (QED) is 0.208. The summed E-state index contributed by atoms with van der Waals surface area (Å²) in [4.78, 5) is 39.1. The van der Waals surface area contributed by atoms with Gasteiger partial charge in [0.25, 0.3) is 11.7 Å². The minimum absolute atomic E-state index is 0.0537. The number of carbonyl (C=O) groups excluding carboxylic acids is 3. The van der Waals surface area contributed by atoms with Crippen molar-refractivity contribution in [2.24, 2.45) is 0 Å². The third-order valence-corrected chi connectivity index (χ3v) is 5.28. The van der Waals surface area contributed by atoms with E-state index in [0.717, 1.165) is 0 Å². The summed E-state index contributed by atoms with van der Waals surface area (Å²) in [6, 6.07) is 20.8. The van der Waals surface area contributed by atoms with Gasteiger partial charge in [-0.3, -0.25) is 19.3 Å². The van der Waals surface area contributed by atoms with E-state index in [1.807, 2.05) is 0 Å². The molecule has 33 heavy (non-hydrogen) atoms. The Kier molecular flexibility index (Phi) is 5.95. The van der Waals surface area contributed by atoms with Gasteiger partial charge >= 0.3 is 5.97 Å². The summed E-state index contributed by atoms with van der Waals surface area (Å²) >= 11 is 0. The molecule has 0 aliphatic carbocycles. The van der Waals surface area contributed by atoms with Gasteiger partial charge in [-0.15, -0.1) is 0 Å². The smallest absolute Gasteiger partial charge is 0.308 e. The first-order valence-electron chi connectivity index (χ1n) is 10.2. The number of aliphatic hydroxyl groups is 1. The van der Waals surface area contributed by atoms with Crippen LogP contribution in [0.5, 0.6) is 11.5 Å². The molecule has 3 aromatic rings. The van der Waals surface area contributed by atoms with Crippen molar-refractivity contribution >= 4 is 29.1 Å². The van der Waals surface area contributed by atoms with Gasteiger partial charge in [0.2, 0.25) is 0 Å². The van der Waals surface area contributed by atoms with E-state index in [-0.39, 0.29) is 17.1 Å². The second-order valence-electron chi connectivity index (χ2n) is 7.40. The van der Waals surface area contributed by atoms with E-state index >= 15 is 0 Å². The van der Waals surface area contributed by atoms with Crippen LogP contribution in [0.4, 0.5) is 5.69 Å². The minimum atomic E-state index is -0.936. The summed E-state index contributed by atoms with van der Waals surface area (Å²) in [5.41, 5.74) is 1.31. The largest absolute Gasteiger partial charge is 0.507 e. The van der Waals surface area contributed by atoms with Crippen LogP contribution in [-0.4, -0.2) is 29.9 Å². The summed E-state index contributed by atoms with van der Waals surface area (Å²) < 4.78 is 10.4. The van der Waals surface area contributed by atoms with Crippen LogP contribution in [0.3, 0.4) is 0 Å². The van der Waals surface area contributed by atoms with Crippen LogP contribution in [-0.2, 0) is 14.4 Å². The highest BCUT2D eigenvalue weighted by Crippen LogP contribution is 2.43. The van der Waals surface area contributed by atoms with E-state index in [0.29, 0.717) is 22.6 Å². The Morgan fingerprint density at radius 1 is 0.909 bits per heavy atom. The third-order valence-electron chi connectivity index (χ3n) is 5.28. The molecule has 166 valence electrons. The molecule has 1 unspecified atom stereocenters. The maximum absolute atomic E-state index is 13.2. The maximum Gasteiger partial charge on any atom is 0.308 e. The molecule has 0 aromatic heterocycles. The third kappa shape index (κ3) is 4.21. The van der Waals surface area contributed by atoms with E-state index in [2.05, 4.69) is 0 Å². The Labute approximate surface area is 190 Å². The Morgan fingerprint density at radius 3 is 2.24 bits per heavy atom. The Bertz CT molecular complexity index is 1250. The average Bonchev–Trinajstić information content (AvgIpc) is 3.09. The summed E-state index contributed by atoms with van der Waals surface area (Å²) in [5, 5.41) is 11.1. The first-order valence-corrected chi connectivity index (χ1v) is 10.2. The van der Waals surface area contributed by atoms with Gasteiger partial charge in [0, 0.05) is 18.2 Å². The first kappa shape index (κ1) is 21.8. The Morgan fingerprint density at radius 2 is 1.61 bits per heavy atom. The van der Waals surface area contributed by atoms with E-state index in [4.69, 9.17) is 9.47 Å². The fraction of sp³-hybridized carbons (Fsp3) is 0.115. The number of rotatable bonds is 5. The summed E-state index contributed by atoms with van der Waals surface area (Å²) in [6.45, 7) is 1.28. The van der Waals surface area contributed by atoms with E-state index in [1.54, 1.807) is 78.9 Å². The molecule has 1 N–H and O–H groups in total. The molecule has 0 radical (unpaired) electrons. The van der Waals surface area contributed by atoms with Crippen molar-refractivity contribution in [3.05, 3.63) is 95.6 Å². The normalized spacial score (nSPS) is 17.2. The lowest BCUT2D eigenvalue weighted by molar-refractivity contribution is -0.132. The zero-order chi connectivity index (χ0) is 23.5. The van der Waals surface area contributed by atoms with Crippen LogP contribution in [0.2, 0.25) is 0 Å². The van der Waals surface area contributed by atoms with E-state index < -0.39 is 23.7 Å². The fourth-order valence-corrected chi connectivity index (χ4v) is 3.82. The lowest BCUT2D eigenvalue weighted by Crippen LogP contribution is -2.29. The van der Waals surface area contributed by atoms with Gasteiger partial charge in [-0.2, -0.15) is 0 Å². The number of hydrogen-bond acceptors (Lipinski definition) is 6. The number of benzene rings is 3. The van der Waals surface area contributed by atoms with Crippen LogP contribution in [0, 0.1) is 0 Å². The first-order chi connectivity index (χ1) is 15.9. The lowest BCUT2D eigenvalue weighted by Gasteiger charge is -2.26. The highest BCUT2D eigenvalue weighted by molar-refractivity contribution is 6.51. The molecular formula is C26H21NO6. The zero-order valence-electron chi connectivity index (χ0n) is 18.0. The molecule has 1 aliphatic rings. The predicted octanol–water partition coefficient (Wildman–Crippen LogP) is 4.25. The number of hydrogen-bond donors (Lipinski definition) is 1. The topological polar surface area (TPSA) is 93.1 Å². The molecule has 7 nitrogen and oxygen atoms in total. The number of esters is 1. The highest BCUT2D eigenvalue weighted by atomic mass is 16.5. The van der Waals surface area contributed by atoms with Gasteiger partial charge in [0.15, 0.2) is 0 Å². The fourth-order valence-electron chi connectivity index (χ4n) is 3.82. The second-order valence-corrected chi connectivity index (χ2v) is 7.40. The van der Waals surface area contributed by atoms with Crippen LogP contribution >= 0.6 is 0 Å². The van der Waals surface area contributed by atoms with Crippen molar-refractivity contribution < 1.29 is 29.0 Å². The highest BCUT2D eigenvalue weighted by Gasteiger charge is 2.47. The molecule has 0 bridgehead atoms. The number of Topliss-reactive ketones (excluding diaryl/α,β-unsaturated/α-hetero) is 1. The van der Waals surface area contributed by atoms with Gasteiger partial charge in [-0.25, -0.2) is 0 Å². The number of aliphatic hydroxyl groups excluding tert-OH is 1. The molecule has 3 aromatic carbocycles. The van der Waals surface area contributed by atoms with Gasteiger partial charge in [-0.1, -0.05) is 42.5 Å². The van der Waals surface area contributed by atoms with E-state index in [9.17, 15) is 19.5 Å². The molecule has 4 rings (SSSR count). The van der Waals surface area contributed by atoms with Gasteiger partial charge in [0.05, 0.1) is 18.7 Å². The number of ketones is 1. The second kappa shape index (κ2) is 9.00. The maximum atomic E-state index is 13.2. The Balaban J connectivity index is 1.92. The molecule has 1 saturated heterocycles. The molecule has 1 heterocycles. The van der Waals surface area contributed by atoms with Crippen LogP contribution in [0.1, 0.15) is 24.1 Å². The molecular weight excluding hydrogens is 422 g/mol. The van der Waals surface area contributed by atoms with Crippen LogP contribution < -0.4 is 14.4 Å². The zero-order valence-corrected chi connectivity index (χ0v) is 18.0. The van der Waals surface area contributed by atoms with Crippen molar-refractivity contribution in [1.82, 2.24) is 0 Å². The number of methoxy groups -OCH3 is 1. The van der Waals surface area contributed by atoms with Crippen LogP contribution in [0.15, 0.2) is 84.4 Å². The molecule has 1 amide bonds. The number of ether oxygens (including phenoxy) is 2. The van der Waals surface area contributed by atoms with E-state index in [1.165, 1.54) is 18.9 Å². The minimum Gasteiger partial charge on any atom is -0.507 e. The van der Waals surface area contributed by atoms with Crippen molar-refractivity contribution in [1.29, 1.82) is 0 Å². The van der Waals surface area contributed by atoms with Crippen LogP contribution in [0.25, 0.3) is 5.76 Å². The Hall–Kier alpha value is -4.39. The SMILES string of the molecule is COc1ccc(N2C(=O)C(=O)/C(=C(\O)c3ccccc3)C2c2cccc(OC(C)=O)c2)cc1. The number of amides is 1. The molecule has 1 aliphatic heterocycles. The van der Waals surface area contributed by atoms with Gasteiger partial charge in [-0.05, 0) is 42.0 Å². The molecule has 1 fully saturated rings. The van der Waals surface area contributed by atoms with Gasteiger partial charge in [0.1, 0.15) is 17.3 Å². The lowest BCUT2D eigenvalue weighted by atomic mass is 9.95. The standard InChI is InChI=1S/C26H21NO6/c1-16(28)33-21-10-6-9-18(15-21)23-22(24(29)17-7-4-3-5-8-17)25(30)26(31)27(23)19-11-13-20(32-2)14-12-19/h3-15,23,29H,1-2H3/b24-22-. The number of anilines is 1. The van der Waals surface area contributed by atoms with Crippen molar-refractivity contribution in [3.63, 3.8) is 0 Å². The summed E-state index contributed by atoms with van der Waals surface area (Å²) in [6.07, 6.45) is 0. The monoisotopic (exact) mass is 443 g/mol. The molecule has 0 spiro atoms. The summed E-state index contributed by atoms with van der Waals surface area (Å²) in [7, 11) is 1.53. The van der Waals surface area contributed by atoms with Gasteiger partial charge < -0.3 is 14.6 Å². The van der Waals surface area contributed by atoms with Crippen molar-refractivity contribution in [2.75, 3.05) is 12.0 Å². The molecule has 7 heteroatoms.